The number of amides is 1. The molecule has 160 valence electrons. The number of nitrogens with zero attached hydrogens (tertiary/aromatic N) is 1. The third-order valence-electron chi connectivity index (χ3n) is 4.96. The molecule has 0 aromatic heterocycles. The Kier molecular flexibility index (Phi) is 7.59. The summed E-state index contributed by atoms with van der Waals surface area (Å²) in [6, 6.07) is 15.0. The molecule has 1 aliphatic rings. The highest BCUT2D eigenvalue weighted by molar-refractivity contribution is 7.89. The summed E-state index contributed by atoms with van der Waals surface area (Å²) in [5, 5.41) is 2.68. The number of carbonyl (C=O) groups excluding carboxylic acids is 2. The molecule has 7 nitrogen and oxygen atoms in total. The van der Waals surface area contributed by atoms with Gasteiger partial charge in [-0.3, -0.25) is 4.79 Å². The smallest absolute Gasteiger partial charge is 0.338 e. The Bertz CT molecular complexity index is 951. The molecular formula is C22H26N2O5S. The number of sulfonamides is 1. The van der Waals surface area contributed by atoms with Gasteiger partial charge in [-0.2, -0.15) is 4.31 Å². The van der Waals surface area contributed by atoms with Crippen LogP contribution in [-0.2, 0) is 26.1 Å². The van der Waals surface area contributed by atoms with Crippen LogP contribution < -0.4 is 5.32 Å². The van der Waals surface area contributed by atoms with Gasteiger partial charge < -0.3 is 10.1 Å². The average molecular weight is 431 g/mol. The van der Waals surface area contributed by atoms with Gasteiger partial charge in [0.2, 0.25) is 10.0 Å². The van der Waals surface area contributed by atoms with Crippen LogP contribution in [0.25, 0.3) is 0 Å². The molecule has 8 heteroatoms. The van der Waals surface area contributed by atoms with Gasteiger partial charge in [-0.15, -0.1) is 0 Å². The van der Waals surface area contributed by atoms with E-state index in [4.69, 9.17) is 4.74 Å². The third-order valence-corrected chi connectivity index (χ3v) is 6.87. The second kappa shape index (κ2) is 10.4. The van der Waals surface area contributed by atoms with Crippen LogP contribution in [0.3, 0.4) is 0 Å². The number of hydrogen-bond donors (Lipinski definition) is 1. The molecule has 0 spiro atoms. The van der Waals surface area contributed by atoms with E-state index in [0.717, 1.165) is 31.2 Å². The molecule has 1 fully saturated rings. The standard InChI is InChI=1S/C22H26N2O5S/c25-21(23-16-18-8-4-3-5-9-18)17-29-22(26)19-10-12-20(13-11-19)30(27,28)24-14-6-1-2-7-15-24/h3-5,8-13H,1-2,6-7,14-17H2,(H,23,25). The Morgan fingerprint density at radius 2 is 1.53 bits per heavy atom. The van der Waals surface area contributed by atoms with Crippen molar-refractivity contribution in [3.05, 3.63) is 65.7 Å². The van der Waals surface area contributed by atoms with Crippen molar-refractivity contribution >= 4 is 21.9 Å². The Labute approximate surface area is 177 Å². The van der Waals surface area contributed by atoms with Crippen molar-refractivity contribution < 1.29 is 22.7 Å². The maximum atomic E-state index is 12.8. The van der Waals surface area contributed by atoms with Crippen molar-refractivity contribution in [3.63, 3.8) is 0 Å². The molecule has 0 atom stereocenters. The molecule has 2 aromatic carbocycles. The predicted molar refractivity (Wildman–Crippen MR) is 112 cm³/mol. The van der Waals surface area contributed by atoms with E-state index in [0.29, 0.717) is 19.6 Å². The van der Waals surface area contributed by atoms with Crippen LogP contribution in [0.1, 0.15) is 41.6 Å². The summed E-state index contributed by atoms with van der Waals surface area (Å²) in [4.78, 5) is 24.2. The highest BCUT2D eigenvalue weighted by Crippen LogP contribution is 2.20. The number of benzene rings is 2. The zero-order valence-corrected chi connectivity index (χ0v) is 17.6. The largest absolute Gasteiger partial charge is 0.452 e. The molecule has 1 amide bonds. The Balaban J connectivity index is 1.52. The minimum absolute atomic E-state index is 0.154. The van der Waals surface area contributed by atoms with E-state index in [1.165, 1.54) is 28.6 Å². The second-order valence-corrected chi connectivity index (χ2v) is 9.12. The number of hydrogen-bond acceptors (Lipinski definition) is 5. The van der Waals surface area contributed by atoms with Crippen LogP contribution in [-0.4, -0.2) is 44.3 Å². The molecule has 3 rings (SSSR count). The molecular weight excluding hydrogens is 404 g/mol. The molecule has 1 heterocycles. The number of ether oxygens (including phenoxy) is 1. The fourth-order valence-corrected chi connectivity index (χ4v) is 4.77. The van der Waals surface area contributed by atoms with Gasteiger partial charge in [0, 0.05) is 19.6 Å². The first-order valence-corrected chi connectivity index (χ1v) is 11.5. The van der Waals surface area contributed by atoms with Crippen molar-refractivity contribution in [3.8, 4) is 0 Å². The van der Waals surface area contributed by atoms with Gasteiger partial charge >= 0.3 is 5.97 Å². The van der Waals surface area contributed by atoms with E-state index in [1.807, 2.05) is 30.3 Å². The van der Waals surface area contributed by atoms with E-state index in [9.17, 15) is 18.0 Å². The van der Waals surface area contributed by atoms with Crippen LogP contribution in [0.5, 0.6) is 0 Å². The van der Waals surface area contributed by atoms with Crippen molar-refractivity contribution in [1.82, 2.24) is 9.62 Å². The second-order valence-electron chi connectivity index (χ2n) is 7.18. The molecule has 0 bridgehead atoms. The van der Waals surface area contributed by atoms with E-state index in [1.54, 1.807) is 0 Å². The normalized spacial score (nSPS) is 15.2. The first-order chi connectivity index (χ1) is 14.5. The van der Waals surface area contributed by atoms with Crippen LogP contribution in [0, 0.1) is 0 Å². The van der Waals surface area contributed by atoms with E-state index < -0.39 is 28.5 Å². The molecule has 1 aliphatic heterocycles. The van der Waals surface area contributed by atoms with Crippen LogP contribution in [0.4, 0.5) is 0 Å². The average Bonchev–Trinajstić information content (AvgIpc) is 3.07. The summed E-state index contributed by atoms with van der Waals surface area (Å²) in [5.41, 5.74) is 1.14. The molecule has 30 heavy (non-hydrogen) atoms. The van der Waals surface area contributed by atoms with Gasteiger partial charge in [0.05, 0.1) is 10.5 Å². The topological polar surface area (TPSA) is 92.8 Å². The highest BCUT2D eigenvalue weighted by atomic mass is 32.2. The summed E-state index contributed by atoms with van der Waals surface area (Å²) in [7, 11) is -3.57. The van der Waals surface area contributed by atoms with Crippen LogP contribution >= 0.6 is 0 Å². The van der Waals surface area contributed by atoms with Crippen molar-refractivity contribution in [2.75, 3.05) is 19.7 Å². The first kappa shape index (κ1) is 22.0. The number of carbonyl (C=O) groups is 2. The zero-order chi connectivity index (χ0) is 21.4. The minimum Gasteiger partial charge on any atom is -0.452 e. The number of esters is 1. The monoisotopic (exact) mass is 430 g/mol. The molecule has 0 unspecified atom stereocenters. The van der Waals surface area contributed by atoms with E-state index in [2.05, 4.69) is 5.32 Å². The lowest BCUT2D eigenvalue weighted by atomic mass is 10.2. The lowest BCUT2D eigenvalue weighted by molar-refractivity contribution is -0.124. The Morgan fingerprint density at radius 3 is 2.17 bits per heavy atom. The van der Waals surface area contributed by atoms with Crippen LogP contribution in [0.15, 0.2) is 59.5 Å². The van der Waals surface area contributed by atoms with Crippen molar-refractivity contribution in [1.29, 1.82) is 0 Å². The molecule has 2 aromatic rings. The van der Waals surface area contributed by atoms with Gasteiger partial charge in [0.25, 0.3) is 5.91 Å². The summed E-state index contributed by atoms with van der Waals surface area (Å²) in [6.07, 6.45) is 3.79. The van der Waals surface area contributed by atoms with Crippen molar-refractivity contribution in [2.45, 2.75) is 37.1 Å². The van der Waals surface area contributed by atoms with Gasteiger partial charge in [-0.25, -0.2) is 13.2 Å². The molecule has 1 N–H and O–H groups in total. The van der Waals surface area contributed by atoms with Gasteiger partial charge in [-0.1, -0.05) is 43.2 Å². The minimum atomic E-state index is -3.57. The van der Waals surface area contributed by atoms with E-state index in [-0.39, 0.29) is 10.5 Å². The third kappa shape index (κ3) is 5.90. The summed E-state index contributed by atoms with van der Waals surface area (Å²) in [6.45, 7) is 0.980. The quantitative estimate of drug-likeness (QED) is 0.682. The molecule has 1 saturated heterocycles. The zero-order valence-electron chi connectivity index (χ0n) is 16.7. The maximum Gasteiger partial charge on any atom is 0.338 e. The molecule has 0 saturated carbocycles. The molecule has 0 aliphatic carbocycles. The number of rotatable bonds is 7. The Hall–Kier alpha value is -2.71. The maximum absolute atomic E-state index is 12.8. The molecule has 0 radical (unpaired) electrons. The van der Waals surface area contributed by atoms with Gasteiger partial charge in [0.15, 0.2) is 6.61 Å². The lowest BCUT2D eigenvalue weighted by Gasteiger charge is -2.19. The Morgan fingerprint density at radius 1 is 0.900 bits per heavy atom. The highest BCUT2D eigenvalue weighted by Gasteiger charge is 2.25. The van der Waals surface area contributed by atoms with Gasteiger partial charge in [-0.05, 0) is 42.7 Å². The van der Waals surface area contributed by atoms with E-state index >= 15 is 0 Å². The summed E-state index contributed by atoms with van der Waals surface area (Å²) < 4.78 is 32.1. The number of nitrogens with one attached hydrogen (secondary N) is 1. The fraction of sp³-hybridized carbons (Fsp3) is 0.364. The van der Waals surface area contributed by atoms with Gasteiger partial charge in [0.1, 0.15) is 0 Å². The summed E-state index contributed by atoms with van der Waals surface area (Å²) in [5.74, 6) is -1.09. The van der Waals surface area contributed by atoms with Crippen LogP contribution in [0.2, 0.25) is 0 Å². The summed E-state index contributed by atoms with van der Waals surface area (Å²) >= 11 is 0. The fourth-order valence-electron chi connectivity index (χ4n) is 3.26. The SMILES string of the molecule is O=C(COC(=O)c1ccc(S(=O)(=O)N2CCCCCC2)cc1)NCc1ccccc1. The van der Waals surface area contributed by atoms with Crippen molar-refractivity contribution in [2.24, 2.45) is 0 Å². The predicted octanol–water partition coefficient (Wildman–Crippen LogP) is 2.72. The lowest BCUT2D eigenvalue weighted by Crippen LogP contribution is -2.32. The first-order valence-electron chi connectivity index (χ1n) is 10.0.